The van der Waals surface area contributed by atoms with Crippen LogP contribution in [0.5, 0.6) is 0 Å². The summed E-state index contributed by atoms with van der Waals surface area (Å²) in [5, 5.41) is 6.19. The number of nitrogens with one attached hydrogen (secondary N) is 2. The van der Waals surface area contributed by atoms with Gasteiger partial charge in [0.25, 0.3) is 5.91 Å². The highest BCUT2D eigenvalue weighted by atomic mass is 16.5. The fourth-order valence-electron chi connectivity index (χ4n) is 1.78. The van der Waals surface area contributed by atoms with Gasteiger partial charge in [0.1, 0.15) is 5.82 Å². The molecule has 0 bridgehead atoms. The molecule has 2 aliphatic rings. The smallest absolute Gasteiger partial charge is 0.253 e. The minimum Gasteiger partial charge on any atom is -0.381 e. The molecule has 5 heteroatoms. The van der Waals surface area contributed by atoms with Crippen molar-refractivity contribution in [1.82, 2.24) is 10.3 Å². The fourth-order valence-corrected chi connectivity index (χ4v) is 1.78. The minimum absolute atomic E-state index is 0.0241. The van der Waals surface area contributed by atoms with Gasteiger partial charge < -0.3 is 15.4 Å². The Hall–Kier alpha value is -1.62. The molecule has 2 N–H and O–H groups in total. The summed E-state index contributed by atoms with van der Waals surface area (Å²) in [6.07, 6.45) is 3.82. The summed E-state index contributed by atoms with van der Waals surface area (Å²) in [6, 6.07) is 4.04. The summed E-state index contributed by atoms with van der Waals surface area (Å²) in [6.45, 7) is 2.53. The molecule has 1 saturated heterocycles. The Labute approximate surface area is 106 Å². The van der Waals surface area contributed by atoms with E-state index in [1.807, 2.05) is 12.1 Å². The SMILES string of the molecule is O=C(NC1CC1)c1ccc(NCC2COC2)nc1. The molecule has 0 atom stereocenters. The second kappa shape index (κ2) is 4.94. The number of rotatable bonds is 5. The molecule has 18 heavy (non-hydrogen) atoms. The largest absolute Gasteiger partial charge is 0.381 e. The van der Waals surface area contributed by atoms with Gasteiger partial charge in [-0.05, 0) is 25.0 Å². The van der Waals surface area contributed by atoms with E-state index in [1.165, 1.54) is 0 Å². The summed E-state index contributed by atoms with van der Waals surface area (Å²) >= 11 is 0. The Bertz CT molecular complexity index is 424. The van der Waals surface area contributed by atoms with E-state index in [-0.39, 0.29) is 5.91 Å². The van der Waals surface area contributed by atoms with Crippen LogP contribution in [0.2, 0.25) is 0 Å². The number of nitrogens with zero attached hydrogens (tertiary/aromatic N) is 1. The molecule has 0 spiro atoms. The number of pyridine rings is 1. The number of aromatic nitrogens is 1. The van der Waals surface area contributed by atoms with Crippen molar-refractivity contribution in [3.8, 4) is 0 Å². The van der Waals surface area contributed by atoms with Gasteiger partial charge in [0.05, 0.1) is 18.8 Å². The Kier molecular flexibility index (Phi) is 3.15. The number of anilines is 1. The third-order valence-corrected chi connectivity index (χ3v) is 3.22. The Morgan fingerprint density at radius 2 is 2.22 bits per heavy atom. The predicted octanol–water partition coefficient (Wildman–Crippen LogP) is 1.03. The van der Waals surface area contributed by atoms with Gasteiger partial charge in [-0.25, -0.2) is 4.98 Å². The van der Waals surface area contributed by atoms with Crippen LogP contribution in [0.4, 0.5) is 5.82 Å². The number of ether oxygens (including phenoxy) is 1. The molecule has 0 radical (unpaired) electrons. The predicted molar refractivity (Wildman–Crippen MR) is 67.5 cm³/mol. The average Bonchev–Trinajstić information content (AvgIpc) is 3.12. The lowest BCUT2D eigenvalue weighted by Gasteiger charge is -2.26. The highest BCUT2D eigenvalue weighted by Crippen LogP contribution is 2.19. The first-order chi connectivity index (χ1) is 8.81. The second-order valence-electron chi connectivity index (χ2n) is 4.96. The van der Waals surface area contributed by atoms with Crippen molar-refractivity contribution < 1.29 is 9.53 Å². The van der Waals surface area contributed by atoms with Crippen LogP contribution in [0.3, 0.4) is 0 Å². The second-order valence-corrected chi connectivity index (χ2v) is 4.96. The topological polar surface area (TPSA) is 63.2 Å². The van der Waals surface area contributed by atoms with Gasteiger partial charge in [-0.1, -0.05) is 0 Å². The molecule has 96 valence electrons. The number of carbonyl (C=O) groups is 1. The summed E-state index contributed by atoms with van der Waals surface area (Å²) in [5.41, 5.74) is 0.624. The van der Waals surface area contributed by atoms with E-state index in [1.54, 1.807) is 6.20 Å². The number of amides is 1. The van der Waals surface area contributed by atoms with E-state index in [9.17, 15) is 4.79 Å². The van der Waals surface area contributed by atoms with Gasteiger partial charge in [0.15, 0.2) is 0 Å². The molecule has 1 amide bonds. The zero-order chi connectivity index (χ0) is 12.4. The Balaban J connectivity index is 1.52. The molecular formula is C13H17N3O2. The third-order valence-electron chi connectivity index (χ3n) is 3.22. The van der Waals surface area contributed by atoms with Gasteiger partial charge >= 0.3 is 0 Å². The number of hydrogen-bond acceptors (Lipinski definition) is 4. The first-order valence-electron chi connectivity index (χ1n) is 6.40. The van der Waals surface area contributed by atoms with E-state index >= 15 is 0 Å². The summed E-state index contributed by atoms with van der Waals surface area (Å²) in [7, 11) is 0. The molecule has 5 nitrogen and oxygen atoms in total. The van der Waals surface area contributed by atoms with Crippen molar-refractivity contribution in [2.45, 2.75) is 18.9 Å². The Morgan fingerprint density at radius 3 is 2.78 bits per heavy atom. The molecule has 2 fully saturated rings. The van der Waals surface area contributed by atoms with Crippen molar-refractivity contribution in [2.75, 3.05) is 25.1 Å². The normalized spacial score (nSPS) is 19.1. The highest BCUT2D eigenvalue weighted by molar-refractivity contribution is 5.94. The monoisotopic (exact) mass is 247 g/mol. The third kappa shape index (κ3) is 2.79. The maximum absolute atomic E-state index is 11.7. The first-order valence-corrected chi connectivity index (χ1v) is 6.40. The van der Waals surface area contributed by atoms with Crippen LogP contribution < -0.4 is 10.6 Å². The maximum atomic E-state index is 11.7. The molecule has 1 saturated carbocycles. The first kappa shape index (κ1) is 11.5. The van der Waals surface area contributed by atoms with Crippen molar-refractivity contribution in [2.24, 2.45) is 5.92 Å². The van der Waals surface area contributed by atoms with E-state index in [2.05, 4.69) is 15.6 Å². The lowest BCUT2D eigenvalue weighted by Crippen LogP contribution is -2.33. The molecule has 0 aromatic carbocycles. The maximum Gasteiger partial charge on any atom is 0.253 e. The zero-order valence-electron chi connectivity index (χ0n) is 10.2. The molecule has 1 aromatic rings. The lowest BCUT2D eigenvalue weighted by molar-refractivity contribution is -0.0248. The quantitative estimate of drug-likeness (QED) is 0.816. The molecule has 2 heterocycles. The van der Waals surface area contributed by atoms with Crippen molar-refractivity contribution in [1.29, 1.82) is 0 Å². The van der Waals surface area contributed by atoms with Crippen LogP contribution >= 0.6 is 0 Å². The standard InChI is InChI=1S/C13H17N3O2/c17-13(16-11-2-3-11)10-1-4-12(15-6-10)14-5-9-7-18-8-9/h1,4,6,9,11H,2-3,5,7-8H2,(H,14,15)(H,16,17). The molecule has 1 aliphatic heterocycles. The number of hydrogen-bond donors (Lipinski definition) is 2. The Morgan fingerprint density at radius 1 is 1.39 bits per heavy atom. The van der Waals surface area contributed by atoms with E-state index in [4.69, 9.17) is 4.74 Å². The van der Waals surface area contributed by atoms with Gasteiger partial charge in [-0.15, -0.1) is 0 Å². The molecule has 1 aromatic heterocycles. The van der Waals surface area contributed by atoms with E-state index in [0.717, 1.165) is 38.4 Å². The van der Waals surface area contributed by atoms with E-state index < -0.39 is 0 Å². The minimum atomic E-state index is -0.0241. The van der Waals surface area contributed by atoms with Gasteiger partial charge in [0.2, 0.25) is 0 Å². The van der Waals surface area contributed by atoms with Crippen LogP contribution in [-0.2, 0) is 4.74 Å². The number of carbonyl (C=O) groups excluding carboxylic acids is 1. The molecule has 1 aliphatic carbocycles. The highest BCUT2D eigenvalue weighted by Gasteiger charge is 2.23. The lowest BCUT2D eigenvalue weighted by atomic mass is 10.1. The summed E-state index contributed by atoms with van der Waals surface area (Å²) < 4.78 is 5.10. The fraction of sp³-hybridized carbons (Fsp3) is 0.538. The van der Waals surface area contributed by atoms with Crippen LogP contribution in [0.25, 0.3) is 0 Å². The van der Waals surface area contributed by atoms with Crippen LogP contribution in [0.15, 0.2) is 18.3 Å². The van der Waals surface area contributed by atoms with Crippen molar-refractivity contribution >= 4 is 11.7 Å². The van der Waals surface area contributed by atoms with Crippen LogP contribution in [0.1, 0.15) is 23.2 Å². The van der Waals surface area contributed by atoms with Gasteiger partial charge in [-0.3, -0.25) is 4.79 Å². The van der Waals surface area contributed by atoms with Crippen LogP contribution in [0, 0.1) is 5.92 Å². The molecular weight excluding hydrogens is 230 g/mol. The van der Waals surface area contributed by atoms with Gasteiger partial charge in [-0.2, -0.15) is 0 Å². The van der Waals surface area contributed by atoms with Crippen molar-refractivity contribution in [3.63, 3.8) is 0 Å². The zero-order valence-corrected chi connectivity index (χ0v) is 10.2. The van der Waals surface area contributed by atoms with E-state index in [0.29, 0.717) is 17.5 Å². The van der Waals surface area contributed by atoms with Crippen LogP contribution in [-0.4, -0.2) is 36.7 Å². The summed E-state index contributed by atoms with van der Waals surface area (Å²) in [5.74, 6) is 1.37. The van der Waals surface area contributed by atoms with Crippen molar-refractivity contribution in [3.05, 3.63) is 23.9 Å². The van der Waals surface area contributed by atoms with Gasteiger partial charge in [0, 0.05) is 24.7 Å². The summed E-state index contributed by atoms with van der Waals surface area (Å²) in [4.78, 5) is 16.0. The molecule has 3 rings (SSSR count). The average molecular weight is 247 g/mol. The molecule has 0 unspecified atom stereocenters.